The van der Waals surface area contributed by atoms with Gasteiger partial charge in [-0.1, -0.05) is 18.2 Å². The molecule has 2 nitrogen and oxygen atoms in total. The summed E-state index contributed by atoms with van der Waals surface area (Å²) < 4.78 is 27.5. The molecule has 18 heavy (non-hydrogen) atoms. The lowest BCUT2D eigenvalue weighted by molar-refractivity contribution is 0.612. The van der Waals surface area contributed by atoms with Gasteiger partial charge in [0.1, 0.15) is 11.6 Å². The Morgan fingerprint density at radius 2 is 1.72 bits per heavy atom. The maximum absolute atomic E-state index is 14.1. The molecule has 2 rings (SSSR count). The summed E-state index contributed by atoms with van der Waals surface area (Å²) >= 11 is 0. The Balaban J connectivity index is 2.58. The zero-order chi connectivity index (χ0) is 13.1. The standard InChI is InChI=1S/C14H14F2N2/c15-12-5-9(7-17)4-11(6-12)13-3-1-2-10(8-18)14(13)16/h1-6H,7-8,17-18H2. The minimum Gasteiger partial charge on any atom is -0.326 e. The Kier molecular flexibility index (Phi) is 3.69. The van der Waals surface area contributed by atoms with Crippen molar-refractivity contribution in [3.8, 4) is 11.1 Å². The van der Waals surface area contributed by atoms with Crippen molar-refractivity contribution in [2.75, 3.05) is 0 Å². The molecule has 0 saturated heterocycles. The van der Waals surface area contributed by atoms with E-state index in [9.17, 15) is 8.78 Å². The van der Waals surface area contributed by atoms with Gasteiger partial charge in [-0.15, -0.1) is 0 Å². The smallest absolute Gasteiger partial charge is 0.135 e. The molecule has 4 N–H and O–H groups in total. The first kappa shape index (κ1) is 12.7. The maximum Gasteiger partial charge on any atom is 0.135 e. The van der Waals surface area contributed by atoms with Crippen molar-refractivity contribution < 1.29 is 8.78 Å². The molecule has 94 valence electrons. The Morgan fingerprint density at radius 1 is 0.944 bits per heavy atom. The molecule has 0 bridgehead atoms. The average Bonchev–Trinajstić information content (AvgIpc) is 2.38. The van der Waals surface area contributed by atoms with Gasteiger partial charge in [-0.2, -0.15) is 0 Å². The Morgan fingerprint density at radius 3 is 2.39 bits per heavy atom. The van der Waals surface area contributed by atoms with Crippen LogP contribution in [0.25, 0.3) is 11.1 Å². The molecule has 0 amide bonds. The first-order valence-corrected chi connectivity index (χ1v) is 5.63. The van der Waals surface area contributed by atoms with E-state index in [2.05, 4.69) is 0 Å². The van der Waals surface area contributed by atoms with Crippen LogP contribution in [0.5, 0.6) is 0 Å². The fourth-order valence-electron chi connectivity index (χ4n) is 1.88. The van der Waals surface area contributed by atoms with E-state index in [1.165, 1.54) is 12.1 Å². The summed E-state index contributed by atoms with van der Waals surface area (Å²) in [6.07, 6.45) is 0. The van der Waals surface area contributed by atoms with E-state index in [1.807, 2.05) is 0 Å². The summed E-state index contributed by atoms with van der Waals surface area (Å²) in [4.78, 5) is 0. The molecular weight excluding hydrogens is 234 g/mol. The zero-order valence-corrected chi connectivity index (χ0v) is 9.79. The van der Waals surface area contributed by atoms with Crippen molar-refractivity contribution in [2.24, 2.45) is 11.5 Å². The van der Waals surface area contributed by atoms with Crippen molar-refractivity contribution in [3.63, 3.8) is 0 Å². The van der Waals surface area contributed by atoms with E-state index >= 15 is 0 Å². The summed E-state index contributed by atoms with van der Waals surface area (Å²) in [7, 11) is 0. The van der Waals surface area contributed by atoms with E-state index < -0.39 is 11.6 Å². The van der Waals surface area contributed by atoms with Gasteiger partial charge in [0.2, 0.25) is 0 Å². The highest BCUT2D eigenvalue weighted by molar-refractivity contribution is 5.66. The molecule has 2 aromatic rings. The minimum absolute atomic E-state index is 0.110. The molecular formula is C14H14F2N2. The predicted octanol–water partition coefficient (Wildman–Crippen LogP) is 2.55. The minimum atomic E-state index is -0.425. The number of halogens is 2. The van der Waals surface area contributed by atoms with Gasteiger partial charge >= 0.3 is 0 Å². The summed E-state index contributed by atoms with van der Waals surface area (Å²) in [6.45, 7) is 0.321. The first-order chi connectivity index (χ1) is 8.65. The number of rotatable bonds is 3. The zero-order valence-electron chi connectivity index (χ0n) is 9.79. The first-order valence-electron chi connectivity index (χ1n) is 5.63. The summed E-state index contributed by atoms with van der Waals surface area (Å²) in [5, 5.41) is 0. The van der Waals surface area contributed by atoms with E-state index in [0.29, 0.717) is 22.3 Å². The van der Waals surface area contributed by atoms with Crippen LogP contribution in [0, 0.1) is 11.6 Å². The highest BCUT2D eigenvalue weighted by atomic mass is 19.1. The molecule has 0 radical (unpaired) electrons. The number of hydrogen-bond donors (Lipinski definition) is 2. The Bertz CT molecular complexity index is 568. The van der Waals surface area contributed by atoms with Crippen LogP contribution in [0.1, 0.15) is 11.1 Å². The third-order valence-electron chi connectivity index (χ3n) is 2.80. The molecule has 0 atom stereocenters. The second kappa shape index (κ2) is 5.25. The van der Waals surface area contributed by atoms with Crippen LogP contribution in [0.4, 0.5) is 8.78 Å². The van der Waals surface area contributed by atoms with Gasteiger partial charge in [-0.05, 0) is 29.3 Å². The van der Waals surface area contributed by atoms with Gasteiger partial charge in [0.05, 0.1) is 0 Å². The molecule has 0 aliphatic rings. The normalized spacial score (nSPS) is 10.7. The van der Waals surface area contributed by atoms with Crippen molar-refractivity contribution in [1.29, 1.82) is 0 Å². The van der Waals surface area contributed by atoms with Crippen LogP contribution < -0.4 is 11.5 Å². The number of hydrogen-bond acceptors (Lipinski definition) is 2. The third-order valence-corrected chi connectivity index (χ3v) is 2.80. The molecule has 0 aromatic heterocycles. The molecule has 4 heteroatoms. The monoisotopic (exact) mass is 248 g/mol. The van der Waals surface area contributed by atoms with Gasteiger partial charge in [-0.25, -0.2) is 8.78 Å². The van der Waals surface area contributed by atoms with Gasteiger partial charge in [0.25, 0.3) is 0 Å². The van der Waals surface area contributed by atoms with Gasteiger partial charge in [0.15, 0.2) is 0 Å². The van der Waals surface area contributed by atoms with Crippen LogP contribution in [-0.2, 0) is 13.1 Å². The second-order valence-corrected chi connectivity index (χ2v) is 4.04. The highest BCUT2D eigenvalue weighted by Crippen LogP contribution is 2.26. The van der Waals surface area contributed by atoms with Crippen molar-refractivity contribution in [2.45, 2.75) is 13.1 Å². The van der Waals surface area contributed by atoms with Gasteiger partial charge in [0, 0.05) is 24.2 Å². The summed E-state index contributed by atoms with van der Waals surface area (Å²) in [5.41, 5.74) is 12.8. The molecule has 0 aliphatic carbocycles. The molecule has 0 unspecified atom stereocenters. The fraction of sp³-hybridized carbons (Fsp3) is 0.143. The summed E-state index contributed by atoms with van der Waals surface area (Å²) in [6, 6.07) is 9.23. The SMILES string of the molecule is NCc1cc(F)cc(-c2cccc(CN)c2F)c1. The molecule has 0 spiro atoms. The lowest BCUT2D eigenvalue weighted by Crippen LogP contribution is -2.02. The van der Waals surface area contributed by atoms with E-state index in [0.717, 1.165) is 0 Å². The molecule has 0 heterocycles. The Hall–Kier alpha value is -1.78. The predicted molar refractivity (Wildman–Crippen MR) is 67.6 cm³/mol. The highest BCUT2D eigenvalue weighted by Gasteiger charge is 2.10. The topological polar surface area (TPSA) is 52.0 Å². The van der Waals surface area contributed by atoms with Crippen LogP contribution in [0.2, 0.25) is 0 Å². The lowest BCUT2D eigenvalue weighted by atomic mass is 10.00. The number of nitrogens with two attached hydrogens (primary N) is 2. The largest absolute Gasteiger partial charge is 0.326 e. The molecule has 0 aliphatic heterocycles. The van der Waals surface area contributed by atoms with Crippen LogP contribution in [0.15, 0.2) is 36.4 Å². The van der Waals surface area contributed by atoms with Crippen molar-refractivity contribution in [3.05, 3.63) is 59.2 Å². The fourth-order valence-corrected chi connectivity index (χ4v) is 1.88. The molecule has 0 saturated carbocycles. The van der Waals surface area contributed by atoms with Crippen LogP contribution in [0.3, 0.4) is 0 Å². The van der Waals surface area contributed by atoms with Crippen molar-refractivity contribution in [1.82, 2.24) is 0 Å². The van der Waals surface area contributed by atoms with E-state index in [4.69, 9.17) is 11.5 Å². The number of benzene rings is 2. The summed E-state index contributed by atoms with van der Waals surface area (Å²) in [5.74, 6) is -0.834. The van der Waals surface area contributed by atoms with E-state index in [-0.39, 0.29) is 13.1 Å². The van der Waals surface area contributed by atoms with E-state index in [1.54, 1.807) is 24.3 Å². The quantitative estimate of drug-likeness (QED) is 0.877. The lowest BCUT2D eigenvalue weighted by Gasteiger charge is -2.09. The average molecular weight is 248 g/mol. The van der Waals surface area contributed by atoms with Gasteiger partial charge < -0.3 is 11.5 Å². The molecule has 2 aromatic carbocycles. The third kappa shape index (κ3) is 2.39. The molecule has 0 fully saturated rings. The van der Waals surface area contributed by atoms with Crippen molar-refractivity contribution >= 4 is 0 Å². The van der Waals surface area contributed by atoms with Gasteiger partial charge in [-0.3, -0.25) is 0 Å². The second-order valence-electron chi connectivity index (χ2n) is 4.04. The Labute approximate surface area is 104 Å². The van der Waals surface area contributed by atoms with Crippen LogP contribution >= 0.6 is 0 Å². The maximum atomic E-state index is 14.1. The van der Waals surface area contributed by atoms with Crippen LogP contribution in [-0.4, -0.2) is 0 Å².